The molecule has 0 amide bonds. The summed E-state index contributed by atoms with van der Waals surface area (Å²) in [6, 6.07) is 0. The molecule has 0 aliphatic heterocycles. The fraction of sp³-hybridized carbons (Fsp3) is 1.00. The van der Waals surface area contributed by atoms with Crippen molar-refractivity contribution in [3.8, 4) is 0 Å². The van der Waals surface area contributed by atoms with E-state index in [1.54, 1.807) is 0 Å². The van der Waals surface area contributed by atoms with Crippen LogP contribution in [0, 0.1) is 0 Å². The minimum Gasteiger partial charge on any atom is -1.00 e. The van der Waals surface area contributed by atoms with E-state index in [4.69, 9.17) is 9.45 Å². The first kappa shape index (κ1) is 27.6. The largest absolute Gasteiger partial charge is 1.00 e. The van der Waals surface area contributed by atoms with Crippen LogP contribution in [0.25, 0.3) is 0 Å². The molecule has 92 valence electrons. The van der Waals surface area contributed by atoms with Crippen molar-refractivity contribution in [2.24, 2.45) is 0 Å². The van der Waals surface area contributed by atoms with E-state index >= 15 is 0 Å². The first-order valence-electron chi connectivity index (χ1n) is 3.43. The normalized spacial score (nSPS) is 13.7. The molecule has 0 radical (unpaired) electrons. The van der Waals surface area contributed by atoms with E-state index in [-0.39, 0.29) is 118 Å². The second-order valence-corrected chi connectivity index (χ2v) is 4.80. The zero-order valence-corrected chi connectivity index (χ0v) is 17.6. The van der Waals surface area contributed by atoms with Crippen molar-refractivity contribution < 1.29 is 137 Å². The van der Waals surface area contributed by atoms with Gasteiger partial charge in [-0.2, -0.15) is 8.42 Å². The van der Waals surface area contributed by atoms with E-state index in [1.807, 2.05) is 6.92 Å². The topological polar surface area (TPSA) is 145 Å². The minimum absolute atomic E-state index is 0. The van der Waals surface area contributed by atoms with E-state index < -0.39 is 18.2 Å². The van der Waals surface area contributed by atoms with E-state index in [9.17, 15) is 13.0 Å². The van der Waals surface area contributed by atoms with Gasteiger partial charge in [0.05, 0.1) is 6.61 Å². The third kappa shape index (κ3) is 19.6. The molecule has 0 heterocycles. The molecule has 16 heavy (non-hydrogen) atoms. The monoisotopic (exact) mass is 331 g/mol. The van der Waals surface area contributed by atoms with Crippen molar-refractivity contribution in [1.29, 1.82) is 0 Å². The van der Waals surface area contributed by atoms with Gasteiger partial charge in [0.25, 0.3) is 0 Å². The second-order valence-electron chi connectivity index (χ2n) is 2.16. The standard InChI is InChI=1S/C4H11O7PS.2K.H3N.2H/c1-2-3-4-10-12(5,6)11-13(7,8)9;;;;;/h2-4H2,1H3,(H,5,6)(H,7,8,9);;;1H3;;/q;2*+1;;2*-1. The summed E-state index contributed by atoms with van der Waals surface area (Å²) >= 11 is 0. The number of rotatable bonds is 6. The third-order valence-electron chi connectivity index (χ3n) is 0.941. The Bertz CT molecular complexity index is 306. The van der Waals surface area contributed by atoms with Gasteiger partial charge in [0.2, 0.25) is 0 Å². The van der Waals surface area contributed by atoms with Crippen LogP contribution in [0.3, 0.4) is 0 Å². The molecule has 0 aromatic carbocycles. The summed E-state index contributed by atoms with van der Waals surface area (Å²) in [7, 11) is -9.64. The molecule has 8 nitrogen and oxygen atoms in total. The van der Waals surface area contributed by atoms with Gasteiger partial charge in [-0.3, -0.25) is 9.08 Å². The molecule has 0 saturated carbocycles. The zero-order valence-electron chi connectivity index (χ0n) is 11.6. The molecule has 0 aromatic heterocycles. The van der Waals surface area contributed by atoms with Gasteiger partial charge in [0, 0.05) is 0 Å². The summed E-state index contributed by atoms with van der Waals surface area (Å²) < 4.78 is 46.3. The van der Waals surface area contributed by atoms with Crippen molar-refractivity contribution in [3.05, 3.63) is 0 Å². The Balaban J connectivity index is -0.0000000720. The smallest absolute Gasteiger partial charge is 1.00 e. The molecule has 12 heteroatoms. The number of hydrogen-bond donors (Lipinski definition) is 3. The number of phosphoric ester groups is 1. The molecule has 1 atom stereocenters. The molecular formula is C4H16K2NO7PS. The van der Waals surface area contributed by atoms with E-state index in [0.717, 1.165) is 0 Å². The summed E-state index contributed by atoms with van der Waals surface area (Å²) in [6.45, 7) is 1.70. The predicted molar refractivity (Wildman–Crippen MR) is 50.6 cm³/mol. The maximum Gasteiger partial charge on any atom is 1.00 e. The Morgan fingerprint density at radius 1 is 1.38 bits per heavy atom. The third-order valence-corrected chi connectivity index (χ3v) is 2.96. The summed E-state index contributed by atoms with van der Waals surface area (Å²) in [5.41, 5.74) is 0. The van der Waals surface area contributed by atoms with Crippen LogP contribution in [0.1, 0.15) is 22.6 Å². The average Bonchev–Trinajstić information content (AvgIpc) is 1.81. The molecule has 0 saturated heterocycles. The molecule has 1 unspecified atom stereocenters. The van der Waals surface area contributed by atoms with Crippen LogP contribution in [-0.4, -0.2) is 24.5 Å². The molecule has 0 aromatic rings. The molecule has 0 spiro atoms. The Labute approximate surface area is 183 Å². The summed E-state index contributed by atoms with van der Waals surface area (Å²) in [5.74, 6) is 0. The van der Waals surface area contributed by atoms with Gasteiger partial charge in [-0.1, -0.05) is 13.3 Å². The van der Waals surface area contributed by atoms with Gasteiger partial charge in [-0.15, -0.1) is 3.97 Å². The Hall–Kier alpha value is 3.25. The number of hydrogen-bond acceptors (Lipinski definition) is 6. The van der Waals surface area contributed by atoms with Crippen LogP contribution in [-0.2, 0) is 23.5 Å². The summed E-state index contributed by atoms with van der Waals surface area (Å²) in [4.78, 5) is 8.65. The van der Waals surface area contributed by atoms with Crippen LogP contribution in [0.2, 0.25) is 0 Å². The zero-order chi connectivity index (χ0) is 10.5. The van der Waals surface area contributed by atoms with Crippen molar-refractivity contribution >= 4 is 18.2 Å². The van der Waals surface area contributed by atoms with Crippen LogP contribution in [0.4, 0.5) is 0 Å². The van der Waals surface area contributed by atoms with Gasteiger partial charge in [-0.25, -0.2) is 4.57 Å². The van der Waals surface area contributed by atoms with Gasteiger partial charge < -0.3 is 13.9 Å². The molecule has 0 bridgehead atoms. The van der Waals surface area contributed by atoms with Crippen LogP contribution in [0.15, 0.2) is 0 Å². The van der Waals surface area contributed by atoms with E-state index in [0.29, 0.717) is 12.8 Å². The molecule has 0 rings (SSSR count). The van der Waals surface area contributed by atoms with E-state index in [2.05, 4.69) is 8.49 Å². The summed E-state index contributed by atoms with van der Waals surface area (Å²) in [5, 5.41) is 0. The SMILES string of the molecule is CCCCOP(=O)(O)OS(=O)(=O)O.N.[H-].[H-].[K+].[K+]. The van der Waals surface area contributed by atoms with Crippen molar-refractivity contribution in [3.63, 3.8) is 0 Å². The Morgan fingerprint density at radius 3 is 2.12 bits per heavy atom. The minimum atomic E-state index is -4.96. The molecule has 0 fully saturated rings. The molecule has 0 aliphatic rings. The van der Waals surface area contributed by atoms with Crippen molar-refractivity contribution in [1.82, 2.24) is 6.15 Å². The number of phosphoric acid groups is 1. The Morgan fingerprint density at radius 2 is 1.81 bits per heavy atom. The summed E-state index contributed by atoms with van der Waals surface area (Å²) in [6.07, 6.45) is 1.20. The van der Waals surface area contributed by atoms with Gasteiger partial charge in [0.1, 0.15) is 0 Å². The Kier molecular flexibility index (Phi) is 22.8. The molecular weight excluding hydrogens is 315 g/mol. The second kappa shape index (κ2) is 13.2. The molecule has 0 aliphatic carbocycles. The quantitative estimate of drug-likeness (QED) is 0.190. The van der Waals surface area contributed by atoms with Gasteiger partial charge >= 0.3 is 121 Å². The van der Waals surface area contributed by atoms with Crippen molar-refractivity contribution in [2.75, 3.05) is 6.61 Å². The van der Waals surface area contributed by atoms with Crippen LogP contribution < -0.4 is 109 Å². The van der Waals surface area contributed by atoms with Gasteiger partial charge in [-0.05, 0) is 6.42 Å². The fourth-order valence-electron chi connectivity index (χ4n) is 0.465. The molecule has 5 N–H and O–H groups in total. The van der Waals surface area contributed by atoms with E-state index in [1.165, 1.54) is 0 Å². The first-order valence-corrected chi connectivity index (χ1v) is 6.29. The first-order chi connectivity index (χ1) is 5.77. The predicted octanol–water partition coefficient (Wildman–Crippen LogP) is -4.88. The number of unbranched alkanes of at least 4 members (excludes halogenated alkanes) is 1. The maximum atomic E-state index is 10.7. The van der Waals surface area contributed by atoms with Gasteiger partial charge in [0.15, 0.2) is 0 Å². The van der Waals surface area contributed by atoms with Crippen molar-refractivity contribution in [2.45, 2.75) is 19.8 Å². The fourth-order valence-corrected chi connectivity index (χ4v) is 1.95. The maximum absolute atomic E-state index is 10.7. The van der Waals surface area contributed by atoms with Crippen LogP contribution >= 0.6 is 7.82 Å². The average molecular weight is 331 g/mol. The van der Waals surface area contributed by atoms with Crippen LogP contribution in [0.5, 0.6) is 0 Å².